The molecule has 1 aliphatic heterocycles. The third-order valence-corrected chi connectivity index (χ3v) is 4.39. The highest BCUT2D eigenvalue weighted by atomic mass is 16.5. The molecule has 1 amide bonds. The molecular formula is C19H17N3O3. The summed E-state index contributed by atoms with van der Waals surface area (Å²) in [5.74, 6) is 1.36. The number of ether oxygens (including phenoxy) is 2. The number of nitrogens with one attached hydrogen (secondary N) is 2. The molecule has 6 nitrogen and oxygen atoms in total. The van der Waals surface area contributed by atoms with Crippen molar-refractivity contribution in [3.05, 3.63) is 65.4 Å². The van der Waals surface area contributed by atoms with Gasteiger partial charge in [-0.1, -0.05) is 12.1 Å². The third kappa shape index (κ3) is 2.52. The quantitative estimate of drug-likeness (QED) is 0.769. The fourth-order valence-electron chi connectivity index (χ4n) is 3.12. The van der Waals surface area contributed by atoms with E-state index >= 15 is 0 Å². The lowest BCUT2D eigenvalue weighted by Gasteiger charge is -2.14. The molecule has 1 aliphatic rings. The zero-order chi connectivity index (χ0) is 17.4. The Morgan fingerprint density at radius 1 is 1.00 bits per heavy atom. The summed E-state index contributed by atoms with van der Waals surface area (Å²) in [6.07, 6.45) is 0. The Bertz CT molecular complexity index is 931. The van der Waals surface area contributed by atoms with Crippen LogP contribution in [0.15, 0.2) is 48.5 Å². The fraction of sp³-hybridized carbons (Fsp3) is 0.158. The molecule has 0 radical (unpaired) electrons. The van der Waals surface area contributed by atoms with Crippen molar-refractivity contribution in [3.8, 4) is 22.8 Å². The van der Waals surface area contributed by atoms with Crippen molar-refractivity contribution >= 4 is 5.91 Å². The minimum absolute atomic E-state index is 0.157. The maximum atomic E-state index is 12.3. The minimum Gasteiger partial charge on any atom is -0.497 e. The maximum absolute atomic E-state index is 12.3. The number of rotatable bonds is 4. The fourth-order valence-corrected chi connectivity index (χ4v) is 3.12. The first-order valence-corrected chi connectivity index (χ1v) is 7.88. The molecular weight excluding hydrogens is 318 g/mol. The van der Waals surface area contributed by atoms with Crippen LogP contribution in [0.1, 0.15) is 27.7 Å². The molecule has 25 heavy (non-hydrogen) atoms. The van der Waals surface area contributed by atoms with E-state index in [4.69, 9.17) is 9.47 Å². The van der Waals surface area contributed by atoms with Crippen LogP contribution in [0.5, 0.6) is 11.5 Å². The molecule has 0 unspecified atom stereocenters. The molecule has 2 heterocycles. The summed E-state index contributed by atoms with van der Waals surface area (Å²) in [6.45, 7) is 0. The lowest BCUT2D eigenvalue weighted by atomic mass is 9.96. The van der Waals surface area contributed by atoms with Gasteiger partial charge in [0.2, 0.25) is 0 Å². The molecule has 0 aliphatic carbocycles. The Hall–Kier alpha value is -3.28. The van der Waals surface area contributed by atoms with Crippen molar-refractivity contribution in [2.24, 2.45) is 0 Å². The molecule has 0 saturated heterocycles. The number of hydrogen-bond acceptors (Lipinski definition) is 4. The van der Waals surface area contributed by atoms with Crippen LogP contribution >= 0.6 is 0 Å². The number of nitrogens with zero attached hydrogens (tertiary/aromatic N) is 1. The van der Waals surface area contributed by atoms with Gasteiger partial charge in [0.1, 0.15) is 17.2 Å². The van der Waals surface area contributed by atoms with Gasteiger partial charge >= 0.3 is 0 Å². The monoisotopic (exact) mass is 335 g/mol. The number of methoxy groups -OCH3 is 2. The smallest absolute Gasteiger partial charge is 0.270 e. The van der Waals surface area contributed by atoms with Crippen molar-refractivity contribution in [2.75, 3.05) is 14.2 Å². The molecule has 126 valence electrons. The average Bonchev–Trinajstić information content (AvgIpc) is 3.23. The summed E-state index contributed by atoms with van der Waals surface area (Å²) in [5, 5.41) is 10.3. The Labute approximate surface area is 144 Å². The first-order valence-electron chi connectivity index (χ1n) is 7.88. The second-order valence-corrected chi connectivity index (χ2v) is 5.77. The molecule has 0 bridgehead atoms. The predicted molar refractivity (Wildman–Crippen MR) is 92.9 cm³/mol. The van der Waals surface area contributed by atoms with Crippen LogP contribution in [-0.2, 0) is 0 Å². The van der Waals surface area contributed by atoms with E-state index in [0.717, 1.165) is 33.9 Å². The molecule has 6 heteroatoms. The number of amides is 1. The van der Waals surface area contributed by atoms with Crippen LogP contribution in [0.4, 0.5) is 0 Å². The molecule has 1 atom stereocenters. The lowest BCUT2D eigenvalue weighted by Crippen LogP contribution is -2.21. The summed E-state index contributed by atoms with van der Waals surface area (Å²) >= 11 is 0. The largest absolute Gasteiger partial charge is 0.497 e. The number of H-pyrrole nitrogens is 1. The predicted octanol–water partition coefficient (Wildman–Crippen LogP) is 2.93. The zero-order valence-electron chi connectivity index (χ0n) is 13.9. The number of fused-ring (bicyclic) bond motifs is 1. The van der Waals surface area contributed by atoms with Crippen LogP contribution in [0.3, 0.4) is 0 Å². The van der Waals surface area contributed by atoms with Crippen molar-refractivity contribution in [1.82, 2.24) is 15.5 Å². The van der Waals surface area contributed by atoms with Crippen LogP contribution in [0.2, 0.25) is 0 Å². The SMILES string of the molecule is COc1ccc(-c2n[nH]c3c2[C@@H](c2cccc(OC)c2)NC3=O)cc1. The Balaban J connectivity index is 1.80. The third-order valence-electron chi connectivity index (χ3n) is 4.39. The molecule has 0 spiro atoms. The Kier molecular flexibility index (Phi) is 3.65. The number of carbonyl (C=O) groups is 1. The van der Waals surface area contributed by atoms with Crippen molar-refractivity contribution < 1.29 is 14.3 Å². The topological polar surface area (TPSA) is 76.2 Å². The van der Waals surface area contributed by atoms with Gasteiger partial charge in [-0.05, 0) is 42.0 Å². The highest BCUT2D eigenvalue weighted by Gasteiger charge is 2.35. The lowest BCUT2D eigenvalue weighted by molar-refractivity contribution is 0.0955. The van der Waals surface area contributed by atoms with Gasteiger partial charge in [-0.25, -0.2) is 0 Å². The number of carbonyl (C=O) groups excluding carboxylic acids is 1. The average molecular weight is 335 g/mol. The zero-order valence-corrected chi connectivity index (χ0v) is 13.9. The maximum Gasteiger partial charge on any atom is 0.270 e. The number of aromatic nitrogens is 2. The Morgan fingerprint density at radius 2 is 1.76 bits per heavy atom. The second-order valence-electron chi connectivity index (χ2n) is 5.77. The standard InChI is InChI=1S/C19H17N3O3/c1-24-13-8-6-11(7-9-13)17-15-16(20-19(23)18(15)22-21-17)12-4-3-5-14(10-12)25-2/h3-10,16H,1-2H3,(H,20,23)(H,21,22)/t16-/m1/s1. The van der Waals surface area contributed by atoms with Crippen LogP contribution in [0, 0.1) is 0 Å². The van der Waals surface area contributed by atoms with E-state index in [2.05, 4.69) is 15.5 Å². The summed E-state index contributed by atoms with van der Waals surface area (Å²) in [7, 11) is 3.25. The van der Waals surface area contributed by atoms with Crippen LogP contribution < -0.4 is 14.8 Å². The van der Waals surface area contributed by atoms with Gasteiger partial charge in [-0.15, -0.1) is 0 Å². The highest BCUT2D eigenvalue weighted by Crippen LogP contribution is 2.38. The molecule has 2 N–H and O–H groups in total. The van der Waals surface area contributed by atoms with Gasteiger partial charge in [-0.2, -0.15) is 5.10 Å². The normalized spacial score (nSPS) is 15.6. The number of hydrogen-bond donors (Lipinski definition) is 2. The van der Waals surface area contributed by atoms with Gasteiger partial charge in [-0.3, -0.25) is 9.89 Å². The van der Waals surface area contributed by atoms with Gasteiger partial charge in [0.25, 0.3) is 5.91 Å². The first kappa shape index (κ1) is 15.3. The minimum atomic E-state index is -0.270. The molecule has 4 rings (SSSR count). The van der Waals surface area contributed by atoms with Gasteiger partial charge < -0.3 is 14.8 Å². The molecule has 0 saturated carbocycles. The van der Waals surface area contributed by atoms with Crippen molar-refractivity contribution in [1.29, 1.82) is 0 Å². The second kappa shape index (κ2) is 5.98. The highest BCUT2D eigenvalue weighted by molar-refractivity contribution is 6.00. The van der Waals surface area contributed by atoms with E-state index < -0.39 is 0 Å². The summed E-state index contributed by atoms with van der Waals surface area (Å²) in [4.78, 5) is 12.3. The summed E-state index contributed by atoms with van der Waals surface area (Å²) in [5.41, 5.74) is 3.97. The van der Waals surface area contributed by atoms with Crippen molar-refractivity contribution in [2.45, 2.75) is 6.04 Å². The molecule has 2 aromatic carbocycles. The molecule has 3 aromatic rings. The molecule has 0 fully saturated rings. The Morgan fingerprint density at radius 3 is 2.48 bits per heavy atom. The number of aromatic amines is 1. The van der Waals surface area contributed by atoms with E-state index in [9.17, 15) is 4.79 Å². The van der Waals surface area contributed by atoms with Crippen LogP contribution in [-0.4, -0.2) is 30.3 Å². The van der Waals surface area contributed by atoms with E-state index in [1.807, 2.05) is 48.5 Å². The first-order chi connectivity index (χ1) is 12.2. The van der Waals surface area contributed by atoms with E-state index in [1.54, 1.807) is 14.2 Å². The van der Waals surface area contributed by atoms with Gasteiger partial charge in [0.05, 0.1) is 26.0 Å². The van der Waals surface area contributed by atoms with Crippen LogP contribution in [0.25, 0.3) is 11.3 Å². The summed E-state index contributed by atoms with van der Waals surface area (Å²) < 4.78 is 10.5. The van der Waals surface area contributed by atoms with Crippen molar-refractivity contribution in [3.63, 3.8) is 0 Å². The number of benzene rings is 2. The van der Waals surface area contributed by atoms with Gasteiger partial charge in [0.15, 0.2) is 0 Å². The molecule has 1 aromatic heterocycles. The van der Waals surface area contributed by atoms with E-state index in [1.165, 1.54) is 0 Å². The van der Waals surface area contributed by atoms with Gasteiger partial charge in [0, 0.05) is 11.1 Å². The van der Waals surface area contributed by atoms with E-state index in [-0.39, 0.29) is 11.9 Å². The van der Waals surface area contributed by atoms with E-state index in [0.29, 0.717) is 5.69 Å². The summed E-state index contributed by atoms with van der Waals surface area (Å²) in [6, 6.07) is 15.0.